The minimum atomic E-state index is -0.101. The first-order valence-electron chi connectivity index (χ1n) is 7.59. The molecule has 0 bridgehead atoms. The van der Waals surface area contributed by atoms with Gasteiger partial charge in [-0.2, -0.15) is 5.10 Å². The van der Waals surface area contributed by atoms with Gasteiger partial charge in [-0.1, -0.05) is 6.07 Å². The lowest BCUT2D eigenvalue weighted by Gasteiger charge is -2.39. The van der Waals surface area contributed by atoms with Gasteiger partial charge < -0.3 is 9.30 Å². The standard InChI is InChI=1S/C17H16N4O2/c22-16-5-3-6-18-21(16)11-13-9-20(10-13)17(23)14-8-15-4-1-2-7-19(15)12-14/h1-8,12-13H,9-11H2. The third kappa shape index (κ3) is 2.52. The maximum absolute atomic E-state index is 12.5. The molecule has 0 aliphatic carbocycles. The zero-order valence-electron chi connectivity index (χ0n) is 12.5. The summed E-state index contributed by atoms with van der Waals surface area (Å²) in [6.07, 6.45) is 5.39. The number of fused-ring (bicyclic) bond motifs is 1. The molecule has 0 radical (unpaired) electrons. The molecule has 6 heteroatoms. The lowest BCUT2D eigenvalue weighted by Crippen LogP contribution is -2.52. The van der Waals surface area contributed by atoms with Crippen LogP contribution in [-0.4, -0.2) is 38.1 Å². The fourth-order valence-electron chi connectivity index (χ4n) is 2.97. The van der Waals surface area contributed by atoms with Gasteiger partial charge in [-0.25, -0.2) is 4.68 Å². The van der Waals surface area contributed by atoms with Crippen molar-refractivity contribution < 1.29 is 4.79 Å². The highest BCUT2D eigenvalue weighted by Gasteiger charge is 2.32. The number of hydrogen-bond donors (Lipinski definition) is 0. The van der Waals surface area contributed by atoms with Crippen LogP contribution in [0.25, 0.3) is 5.52 Å². The third-order valence-corrected chi connectivity index (χ3v) is 4.21. The van der Waals surface area contributed by atoms with Gasteiger partial charge in [0.15, 0.2) is 0 Å². The minimum Gasteiger partial charge on any atom is -0.338 e. The first-order chi connectivity index (χ1) is 11.2. The van der Waals surface area contributed by atoms with Crippen LogP contribution < -0.4 is 5.56 Å². The van der Waals surface area contributed by atoms with Gasteiger partial charge in [0, 0.05) is 49.2 Å². The summed E-state index contributed by atoms with van der Waals surface area (Å²) < 4.78 is 3.40. The molecule has 0 N–H and O–H groups in total. The second kappa shape index (κ2) is 5.39. The van der Waals surface area contributed by atoms with E-state index in [1.54, 1.807) is 12.3 Å². The maximum atomic E-state index is 12.5. The van der Waals surface area contributed by atoms with Crippen LogP contribution in [0, 0.1) is 5.92 Å². The summed E-state index contributed by atoms with van der Waals surface area (Å²) in [6, 6.07) is 10.9. The van der Waals surface area contributed by atoms with E-state index >= 15 is 0 Å². The Kier molecular flexibility index (Phi) is 3.22. The fraction of sp³-hybridized carbons (Fsp3) is 0.235. The second-order valence-electron chi connectivity index (χ2n) is 5.88. The lowest BCUT2D eigenvalue weighted by atomic mass is 9.99. The van der Waals surface area contributed by atoms with Crippen LogP contribution in [0.2, 0.25) is 0 Å². The summed E-state index contributed by atoms with van der Waals surface area (Å²) in [4.78, 5) is 26.0. The maximum Gasteiger partial charge on any atom is 0.266 e. The quantitative estimate of drug-likeness (QED) is 0.732. The van der Waals surface area contributed by atoms with E-state index in [4.69, 9.17) is 0 Å². The summed E-state index contributed by atoms with van der Waals surface area (Å²) in [7, 11) is 0. The molecule has 3 aromatic rings. The summed E-state index contributed by atoms with van der Waals surface area (Å²) in [6.45, 7) is 1.88. The van der Waals surface area contributed by atoms with Gasteiger partial charge >= 0.3 is 0 Å². The number of likely N-dealkylation sites (tertiary alicyclic amines) is 1. The first kappa shape index (κ1) is 13.8. The van der Waals surface area contributed by atoms with Crippen LogP contribution >= 0.6 is 0 Å². The van der Waals surface area contributed by atoms with Crippen LogP contribution in [-0.2, 0) is 6.54 Å². The third-order valence-electron chi connectivity index (χ3n) is 4.21. The van der Waals surface area contributed by atoms with E-state index in [-0.39, 0.29) is 17.4 Å². The number of pyridine rings is 1. The molecule has 3 aromatic heterocycles. The summed E-state index contributed by atoms with van der Waals surface area (Å²) in [5.41, 5.74) is 1.61. The highest BCUT2D eigenvalue weighted by atomic mass is 16.2. The van der Waals surface area contributed by atoms with Crippen LogP contribution in [0.1, 0.15) is 10.4 Å². The van der Waals surface area contributed by atoms with E-state index in [0.29, 0.717) is 25.2 Å². The number of hydrogen-bond acceptors (Lipinski definition) is 3. The molecule has 23 heavy (non-hydrogen) atoms. The van der Waals surface area contributed by atoms with Crippen LogP contribution in [0.3, 0.4) is 0 Å². The van der Waals surface area contributed by atoms with Crippen molar-refractivity contribution in [2.75, 3.05) is 13.1 Å². The number of aromatic nitrogens is 3. The molecule has 1 aliphatic rings. The smallest absolute Gasteiger partial charge is 0.266 e. The van der Waals surface area contributed by atoms with Gasteiger partial charge in [-0.05, 0) is 24.3 Å². The molecule has 1 saturated heterocycles. The average Bonchev–Trinajstić information content (AvgIpc) is 2.95. The van der Waals surface area contributed by atoms with E-state index in [0.717, 1.165) is 5.52 Å². The van der Waals surface area contributed by atoms with Crippen molar-refractivity contribution in [3.8, 4) is 0 Å². The molecule has 4 rings (SSSR count). The number of rotatable bonds is 3. The SMILES string of the molecule is O=C(c1cc2ccccn2c1)N1CC(Cn2ncccc2=O)C1. The Balaban J connectivity index is 1.42. The van der Waals surface area contributed by atoms with Crippen molar-refractivity contribution in [1.82, 2.24) is 19.1 Å². The number of nitrogens with zero attached hydrogens (tertiary/aromatic N) is 4. The predicted octanol–water partition coefficient (Wildman–Crippen LogP) is 1.27. The number of carbonyl (C=O) groups is 1. The molecular weight excluding hydrogens is 292 g/mol. The van der Waals surface area contributed by atoms with Gasteiger partial charge in [0.25, 0.3) is 11.5 Å². The second-order valence-corrected chi connectivity index (χ2v) is 5.88. The largest absolute Gasteiger partial charge is 0.338 e. The Morgan fingerprint density at radius 3 is 2.87 bits per heavy atom. The monoisotopic (exact) mass is 308 g/mol. The molecule has 0 spiro atoms. The summed E-state index contributed by atoms with van der Waals surface area (Å²) >= 11 is 0. The fourth-order valence-corrected chi connectivity index (χ4v) is 2.97. The Bertz CT molecular complexity index is 888. The molecule has 1 aliphatic heterocycles. The Hall–Kier alpha value is -2.89. The summed E-state index contributed by atoms with van der Waals surface area (Å²) in [5, 5.41) is 4.05. The topological polar surface area (TPSA) is 59.6 Å². The molecule has 0 aromatic carbocycles. The van der Waals surface area contributed by atoms with Gasteiger partial charge in [0.05, 0.1) is 12.1 Å². The van der Waals surface area contributed by atoms with Crippen LogP contribution in [0.5, 0.6) is 0 Å². The number of amides is 1. The van der Waals surface area contributed by atoms with Gasteiger partial charge in [0.1, 0.15) is 0 Å². The van der Waals surface area contributed by atoms with E-state index in [2.05, 4.69) is 5.10 Å². The molecule has 1 amide bonds. The van der Waals surface area contributed by atoms with Crippen molar-refractivity contribution >= 4 is 11.4 Å². The lowest BCUT2D eigenvalue weighted by molar-refractivity contribution is 0.0458. The van der Waals surface area contributed by atoms with E-state index in [1.165, 1.54) is 10.7 Å². The normalized spacial score (nSPS) is 14.9. The van der Waals surface area contributed by atoms with Crippen molar-refractivity contribution in [1.29, 1.82) is 0 Å². The summed E-state index contributed by atoms with van der Waals surface area (Å²) in [5.74, 6) is 0.321. The van der Waals surface area contributed by atoms with E-state index < -0.39 is 0 Å². The Morgan fingerprint density at radius 2 is 2.09 bits per heavy atom. The average molecular weight is 308 g/mol. The molecule has 1 fully saturated rings. The minimum absolute atomic E-state index is 0.0401. The molecule has 0 unspecified atom stereocenters. The van der Waals surface area contributed by atoms with Gasteiger partial charge in [0.2, 0.25) is 0 Å². The van der Waals surface area contributed by atoms with Crippen LogP contribution in [0.4, 0.5) is 0 Å². The Morgan fingerprint density at radius 1 is 1.22 bits per heavy atom. The van der Waals surface area contributed by atoms with Crippen molar-refractivity contribution in [3.63, 3.8) is 0 Å². The van der Waals surface area contributed by atoms with Crippen molar-refractivity contribution in [2.45, 2.75) is 6.54 Å². The van der Waals surface area contributed by atoms with Crippen molar-refractivity contribution in [3.05, 3.63) is 70.9 Å². The Labute approximate surface area is 132 Å². The zero-order chi connectivity index (χ0) is 15.8. The van der Waals surface area contributed by atoms with Crippen LogP contribution in [0.15, 0.2) is 59.8 Å². The molecule has 0 saturated carbocycles. The zero-order valence-corrected chi connectivity index (χ0v) is 12.5. The molecule has 0 atom stereocenters. The first-order valence-corrected chi connectivity index (χ1v) is 7.59. The molecule has 116 valence electrons. The molecule has 6 nitrogen and oxygen atoms in total. The van der Waals surface area contributed by atoms with Gasteiger partial charge in [-0.15, -0.1) is 0 Å². The number of carbonyl (C=O) groups excluding carboxylic acids is 1. The highest BCUT2D eigenvalue weighted by molar-refractivity contribution is 5.96. The van der Waals surface area contributed by atoms with E-state index in [1.807, 2.05) is 46.0 Å². The van der Waals surface area contributed by atoms with Crippen molar-refractivity contribution in [2.24, 2.45) is 5.92 Å². The van der Waals surface area contributed by atoms with Gasteiger partial charge in [-0.3, -0.25) is 9.59 Å². The van der Waals surface area contributed by atoms with E-state index in [9.17, 15) is 9.59 Å². The molecular formula is C17H16N4O2. The highest BCUT2D eigenvalue weighted by Crippen LogP contribution is 2.21. The predicted molar refractivity (Wildman–Crippen MR) is 85.3 cm³/mol. The molecule has 4 heterocycles.